The van der Waals surface area contributed by atoms with Crippen LogP contribution in [0.25, 0.3) is 0 Å². The van der Waals surface area contributed by atoms with E-state index in [1.54, 1.807) is 6.07 Å². The van der Waals surface area contributed by atoms with Gasteiger partial charge in [-0.2, -0.15) is 13.2 Å². The average Bonchev–Trinajstić information content (AvgIpc) is 2.25. The number of thioether (sulfide) groups is 1. The van der Waals surface area contributed by atoms with Crippen LogP contribution in [0.4, 0.5) is 13.2 Å². The third-order valence-corrected chi connectivity index (χ3v) is 4.08. The van der Waals surface area contributed by atoms with Crippen molar-refractivity contribution in [2.45, 2.75) is 28.0 Å². The Balaban J connectivity index is 3.20. The van der Waals surface area contributed by atoms with Crippen LogP contribution < -0.4 is 0 Å². The van der Waals surface area contributed by atoms with Gasteiger partial charge in [0, 0.05) is 10.2 Å². The van der Waals surface area contributed by atoms with Crippen LogP contribution in [0, 0.1) is 0 Å². The van der Waals surface area contributed by atoms with E-state index in [4.69, 9.17) is 11.6 Å². The first-order valence-corrected chi connectivity index (χ1v) is 7.21. The molecule has 0 spiro atoms. The number of carbonyl (C=O) groups is 1. The minimum absolute atomic E-state index is 0.0327. The van der Waals surface area contributed by atoms with Crippen molar-refractivity contribution >= 4 is 45.1 Å². The van der Waals surface area contributed by atoms with E-state index in [1.165, 1.54) is 19.1 Å². The Labute approximate surface area is 120 Å². The highest BCUT2D eigenvalue weighted by molar-refractivity contribution is 9.08. The molecular formula is C11H9BrClF3OS. The van der Waals surface area contributed by atoms with Gasteiger partial charge in [-0.15, -0.1) is 11.6 Å². The maximum atomic E-state index is 12.4. The Morgan fingerprint density at radius 1 is 1.50 bits per heavy atom. The fourth-order valence-corrected chi connectivity index (χ4v) is 2.67. The Morgan fingerprint density at radius 2 is 2.11 bits per heavy atom. The third-order valence-electron chi connectivity index (χ3n) is 2.09. The number of rotatable bonds is 4. The Hall–Kier alpha value is -0.200. The van der Waals surface area contributed by atoms with Gasteiger partial charge in [0.15, 0.2) is 5.78 Å². The van der Waals surface area contributed by atoms with Crippen LogP contribution in [0.2, 0.25) is 0 Å². The molecule has 0 saturated heterocycles. The first-order chi connectivity index (χ1) is 8.24. The summed E-state index contributed by atoms with van der Waals surface area (Å²) in [7, 11) is 0. The minimum atomic E-state index is -4.41. The molecule has 0 N–H and O–H groups in total. The molecule has 0 aliphatic carbocycles. The van der Waals surface area contributed by atoms with Crippen LogP contribution in [-0.4, -0.2) is 11.3 Å². The van der Waals surface area contributed by atoms with Crippen LogP contribution in [0.5, 0.6) is 0 Å². The summed E-state index contributed by atoms with van der Waals surface area (Å²) >= 11 is 8.75. The van der Waals surface area contributed by atoms with Gasteiger partial charge in [-0.1, -0.05) is 28.1 Å². The van der Waals surface area contributed by atoms with E-state index in [9.17, 15) is 18.0 Å². The summed E-state index contributed by atoms with van der Waals surface area (Å²) in [6, 6.07) is 4.49. The first kappa shape index (κ1) is 15.9. The molecule has 0 radical (unpaired) electrons. The topological polar surface area (TPSA) is 17.1 Å². The zero-order valence-electron chi connectivity index (χ0n) is 9.22. The van der Waals surface area contributed by atoms with E-state index in [0.717, 1.165) is 0 Å². The lowest BCUT2D eigenvalue weighted by molar-refractivity contribution is -0.116. The van der Waals surface area contributed by atoms with Crippen LogP contribution in [0.3, 0.4) is 0 Å². The van der Waals surface area contributed by atoms with E-state index in [2.05, 4.69) is 15.9 Å². The fourth-order valence-electron chi connectivity index (χ4n) is 1.30. The molecule has 1 rings (SSSR count). The molecule has 1 aromatic carbocycles. The molecule has 0 bridgehead atoms. The van der Waals surface area contributed by atoms with Gasteiger partial charge >= 0.3 is 5.51 Å². The number of halogens is 5. The van der Waals surface area contributed by atoms with Gasteiger partial charge in [-0.25, -0.2) is 0 Å². The highest BCUT2D eigenvalue weighted by atomic mass is 79.9. The third kappa shape index (κ3) is 4.48. The minimum Gasteiger partial charge on any atom is -0.298 e. The van der Waals surface area contributed by atoms with Crippen LogP contribution in [0.15, 0.2) is 23.1 Å². The Morgan fingerprint density at radius 3 is 2.56 bits per heavy atom. The number of benzene rings is 1. The number of hydrogen-bond acceptors (Lipinski definition) is 2. The largest absolute Gasteiger partial charge is 0.446 e. The zero-order valence-corrected chi connectivity index (χ0v) is 12.4. The normalized spacial score (nSPS) is 13.4. The molecule has 18 heavy (non-hydrogen) atoms. The second-order valence-corrected chi connectivity index (χ2v) is 5.63. The molecule has 1 nitrogen and oxygen atoms in total. The lowest BCUT2D eigenvalue weighted by Gasteiger charge is -2.14. The van der Waals surface area contributed by atoms with Gasteiger partial charge in [-0.3, -0.25) is 4.79 Å². The molecule has 1 aromatic rings. The summed E-state index contributed by atoms with van der Waals surface area (Å²) in [5.74, 6) is -0.382. The van der Waals surface area contributed by atoms with Gasteiger partial charge in [-0.05, 0) is 35.9 Å². The molecule has 0 saturated carbocycles. The quantitative estimate of drug-likeness (QED) is 0.550. The molecule has 1 unspecified atom stereocenters. The summed E-state index contributed by atoms with van der Waals surface area (Å²) in [6.07, 6.45) is 0. The number of Topliss-reactive ketones (excluding diaryl/α,β-unsaturated/α-hetero) is 1. The standard InChI is InChI=1S/C11H9BrClF3OS/c1-6(17)10(13)8-3-2-7(5-12)4-9(8)18-11(14,15)16/h2-4,10H,5H2,1H3. The molecule has 0 aliphatic rings. The van der Waals surface area contributed by atoms with E-state index in [0.29, 0.717) is 10.9 Å². The molecule has 0 aromatic heterocycles. The van der Waals surface area contributed by atoms with Gasteiger partial charge < -0.3 is 0 Å². The van der Waals surface area contributed by atoms with Crippen molar-refractivity contribution in [1.29, 1.82) is 0 Å². The van der Waals surface area contributed by atoms with Gasteiger partial charge in [0.1, 0.15) is 5.38 Å². The van der Waals surface area contributed by atoms with Crippen molar-refractivity contribution in [1.82, 2.24) is 0 Å². The maximum Gasteiger partial charge on any atom is 0.446 e. The monoisotopic (exact) mass is 360 g/mol. The number of ketones is 1. The highest BCUT2D eigenvalue weighted by Gasteiger charge is 2.32. The maximum absolute atomic E-state index is 12.4. The van der Waals surface area contributed by atoms with Gasteiger partial charge in [0.05, 0.1) is 0 Å². The second-order valence-electron chi connectivity index (χ2n) is 3.53. The van der Waals surface area contributed by atoms with Gasteiger partial charge in [0.25, 0.3) is 0 Å². The van der Waals surface area contributed by atoms with Crippen LogP contribution >= 0.6 is 39.3 Å². The molecule has 7 heteroatoms. The summed E-state index contributed by atoms with van der Waals surface area (Å²) < 4.78 is 37.3. The molecule has 1 atom stereocenters. The summed E-state index contributed by atoms with van der Waals surface area (Å²) in [6.45, 7) is 1.25. The lowest BCUT2D eigenvalue weighted by Crippen LogP contribution is -2.07. The zero-order chi connectivity index (χ0) is 13.9. The first-order valence-electron chi connectivity index (χ1n) is 4.83. The van der Waals surface area contributed by atoms with Crippen molar-refractivity contribution in [2.75, 3.05) is 0 Å². The van der Waals surface area contributed by atoms with Gasteiger partial charge in [0.2, 0.25) is 0 Å². The van der Waals surface area contributed by atoms with E-state index in [1.807, 2.05) is 0 Å². The fraction of sp³-hybridized carbons (Fsp3) is 0.364. The van der Waals surface area contributed by atoms with Crippen molar-refractivity contribution in [3.63, 3.8) is 0 Å². The molecule has 0 fully saturated rings. The van der Waals surface area contributed by atoms with Crippen molar-refractivity contribution in [3.05, 3.63) is 29.3 Å². The lowest BCUT2D eigenvalue weighted by atomic mass is 10.1. The number of alkyl halides is 5. The number of carbonyl (C=O) groups excluding carboxylic acids is 1. The molecule has 0 heterocycles. The second kappa shape index (κ2) is 6.30. The summed E-state index contributed by atoms with van der Waals surface area (Å²) in [5.41, 5.74) is -3.53. The summed E-state index contributed by atoms with van der Waals surface area (Å²) in [4.78, 5) is 11.2. The average molecular weight is 362 g/mol. The predicted molar refractivity (Wildman–Crippen MR) is 70.3 cm³/mol. The SMILES string of the molecule is CC(=O)C(Cl)c1ccc(CBr)cc1SC(F)(F)F. The molecule has 0 amide bonds. The van der Waals surface area contributed by atoms with E-state index < -0.39 is 10.9 Å². The number of hydrogen-bond donors (Lipinski definition) is 0. The Kier molecular flexibility index (Phi) is 5.55. The van der Waals surface area contributed by atoms with Crippen molar-refractivity contribution in [3.8, 4) is 0 Å². The molecule has 100 valence electrons. The highest BCUT2D eigenvalue weighted by Crippen LogP contribution is 2.42. The predicted octanol–water partition coefficient (Wildman–Crippen LogP) is 5.06. The van der Waals surface area contributed by atoms with Crippen LogP contribution in [-0.2, 0) is 10.1 Å². The molecular weight excluding hydrogens is 353 g/mol. The van der Waals surface area contributed by atoms with Crippen molar-refractivity contribution in [2.24, 2.45) is 0 Å². The van der Waals surface area contributed by atoms with E-state index >= 15 is 0 Å². The smallest absolute Gasteiger partial charge is 0.298 e. The Bertz CT molecular complexity index is 450. The molecule has 0 aliphatic heterocycles. The van der Waals surface area contributed by atoms with E-state index in [-0.39, 0.29) is 28.0 Å². The van der Waals surface area contributed by atoms with Crippen LogP contribution in [0.1, 0.15) is 23.4 Å². The van der Waals surface area contributed by atoms with Crippen molar-refractivity contribution < 1.29 is 18.0 Å². The summed E-state index contributed by atoms with van der Waals surface area (Å²) in [5, 5.41) is -0.620.